The highest BCUT2D eigenvalue weighted by atomic mass is 32.2. The number of benzene rings is 2. The first-order chi connectivity index (χ1) is 14.6. The van der Waals surface area contributed by atoms with E-state index in [0.717, 1.165) is 46.2 Å². The third-order valence-corrected chi connectivity index (χ3v) is 5.96. The molecular weight excluding hydrogens is 396 g/mol. The highest BCUT2D eigenvalue weighted by Crippen LogP contribution is 2.29. The minimum Gasteiger partial charge on any atom is -0.378 e. The van der Waals surface area contributed by atoms with E-state index in [4.69, 9.17) is 9.72 Å². The molecule has 1 aromatic heterocycles. The molecule has 6 nitrogen and oxygen atoms in total. The number of anilines is 2. The summed E-state index contributed by atoms with van der Waals surface area (Å²) in [5.74, 6) is 1.27. The van der Waals surface area contributed by atoms with Crippen LogP contribution in [0.15, 0.2) is 53.6 Å². The number of nitrogens with one attached hydrogen (secondary N) is 1. The molecule has 0 aliphatic carbocycles. The molecule has 1 amide bonds. The maximum absolute atomic E-state index is 12.8. The van der Waals surface area contributed by atoms with Gasteiger partial charge >= 0.3 is 0 Å². The van der Waals surface area contributed by atoms with Gasteiger partial charge in [-0.3, -0.25) is 4.79 Å². The van der Waals surface area contributed by atoms with Crippen molar-refractivity contribution in [1.29, 1.82) is 0 Å². The Morgan fingerprint density at radius 2 is 1.83 bits per heavy atom. The fourth-order valence-electron chi connectivity index (χ4n) is 3.41. The van der Waals surface area contributed by atoms with Crippen LogP contribution < -0.4 is 10.2 Å². The highest BCUT2D eigenvalue weighted by molar-refractivity contribution is 8.00. The molecule has 156 valence electrons. The van der Waals surface area contributed by atoms with Crippen LogP contribution in [0, 0.1) is 0 Å². The molecule has 0 bridgehead atoms. The Morgan fingerprint density at radius 1 is 1.10 bits per heavy atom. The Labute approximate surface area is 181 Å². The van der Waals surface area contributed by atoms with Gasteiger partial charge < -0.3 is 15.0 Å². The van der Waals surface area contributed by atoms with Gasteiger partial charge in [0.2, 0.25) is 5.91 Å². The number of carbonyl (C=O) groups is 1. The zero-order valence-electron chi connectivity index (χ0n) is 17.3. The van der Waals surface area contributed by atoms with E-state index in [1.165, 1.54) is 11.8 Å². The number of amides is 1. The molecule has 1 fully saturated rings. The van der Waals surface area contributed by atoms with Crippen LogP contribution in [0.4, 0.5) is 11.4 Å². The summed E-state index contributed by atoms with van der Waals surface area (Å²) in [6.45, 7) is 7.22. The van der Waals surface area contributed by atoms with Crippen LogP contribution in [0.3, 0.4) is 0 Å². The summed E-state index contributed by atoms with van der Waals surface area (Å²) in [6.07, 6.45) is 0. The lowest BCUT2D eigenvalue weighted by Crippen LogP contribution is -2.36. The minimum atomic E-state index is -0.0468. The summed E-state index contributed by atoms with van der Waals surface area (Å²) in [5.41, 5.74) is 2.78. The molecule has 0 saturated carbocycles. The summed E-state index contributed by atoms with van der Waals surface area (Å²) in [4.78, 5) is 24.4. The number of nitrogens with zero attached hydrogens (tertiary/aromatic N) is 3. The Kier molecular flexibility index (Phi) is 6.50. The molecule has 7 heteroatoms. The van der Waals surface area contributed by atoms with Crippen molar-refractivity contribution in [2.45, 2.75) is 24.8 Å². The fourth-order valence-corrected chi connectivity index (χ4v) is 4.24. The average Bonchev–Trinajstić information content (AvgIpc) is 2.78. The number of ether oxygens (including phenoxy) is 1. The lowest BCUT2D eigenvalue weighted by Gasteiger charge is -2.30. The number of para-hydroxylation sites is 3. The molecule has 0 radical (unpaired) electrons. The molecule has 1 N–H and O–H groups in total. The Balaban J connectivity index is 1.49. The smallest absolute Gasteiger partial charge is 0.234 e. The summed E-state index contributed by atoms with van der Waals surface area (Å²) in [5, 5.41) is 4.91. The van der Waals surface area contributed by atoms with E-state index in [-0.39, 0.29) is 17.6 Å². The van der Waals surface area contributed by atoms with Crippen molar-refractivity contribution < 1.29 is 9.53 Å². The van der Waals surface area contributed by atoms with Gasteiger partial charge in [0.05, 0.1) is 35.9 Å². The van der Waals surface area contributed by atoms with Crippen LogP contribution in [-0.4, -0.2) is 47.9 Å². The van der Waals surface area contributed by atoms with Crippen molar-refractivity contribution in [1.82, 2.24) is 9.97 Å². The van der Waals surface area contributed by atoms with Gasteiger partial charge in [-0.1, -0.05) is 55.9 Å². The Morgan fingerprint density at radius 3 is 2.63 bits per heavy atom. The second-order valence-electron chi connectivity index (χ2n) is 7.51. The number of hydrogen-bond donors (Lipinski definition) is 1. The molecular formula is C23H26N4O2S. The van der Waals surface area contributed by atoms with Crippen molar-refractivity contribution >= 4 is 39.9 Å². The number of hydrogen-bond acceptors (Lipinski definition) is 6. The predicted octanol–water partition coefficient (Wildman–Crippen LogP) is 4.32. The number of aromatic nitrogens is 2. The largest absolute Gasteiger partial charge is 0.378 e. The van der Waals surface area contributed by atoms with Crippen LogP contribution in [-0.2, 0) is 9.53 Å². The Hall–Kier alpha value is -2.64. The fraction of sp³-hybridized carbons (Fsp3) is 0.348. The van der Waals surface area contributed by atoms with Crippen LogP contribution in [0.2, 0.25) is 0 Å². The van der Waals surface area contributed by atoms with Crippen LogP contribution in [0.1, 0.15) is 25.6 Å². The second kappa shape index (κ2) is 9.45. The first-order valence-corrected chi connectivity index (χ1v) is 11.2. The van der Waals surface area contributed by atoms with E-state index < -0.39 is 0 Å². The maximum atomic E-state index is 12.8. The van der Waals surface area contributed by atoms with Crippen molar-refractivity contribution in [3.05, 3.63) is 54.4 Å². The van der Waals surface area contributed by atoms with Crippen LogP contribution >= 0.6 is 11.8 Å². The first kappa shape index (κ1) is 20.6. The second-order valence-corrected chi connectivity index (χ2v) is 8.48. The van der Waals surface area contributed by atoms with E-state index in [1.54, 1.807) is 0 Å². The summed E-state index contributed by atoms with van der Waals surface area (Å²) < 4.78 is 5.45. The number of carbonyl (C=O) groups excluding carboxylic acids is 1. The van der Waals surface area contributed by atoms with Crippen molar-refractivity contribution in [3.63, 3.8) is 0 Å². The molecule has 1 aliphatic heterocycles. The molecule has 1 saturated heterocycles. The highest BCUT2D eigenvalue weighted by Gasteiger charge is 2.17. The maximum Gasteiger partial charge on any atom is 0.234 e. The molecule has 1 aliphatic rings. The van der Waals surface area contributed by atoms with Crippen LogP contribution in [0.5, 0.6) is 0 Å². The first-order valence-electron chi connectivity index (χ1n) is 10.2. The van der Waals surface area contributed by atoms with E-state index in [0.29, 0.717) is 13.2 Å². The summed E-state index contributed by atoms with van der Waals surface area (Å²) in [7, 11) is 0. The summed E-state index contributed by atoms with van der Waals surface area (Å²) >= 11 is 1.45. The topological polar surface area (TPSA) is 67.4 Å². The van der Waals surface area contributed by atoms with E-state index in [9.17, 15) is 4.79 Å². The van der Waals surface area contributed by atoms with Crippen molar-refractivity contribution in [2.75, 3.05) is 42.3 Å². The van der Waals surface area contributed by atoms with Gasteiger partial charge in [0.1, 0.15) is 10.9 Å². The number of rotatable bonds is 6. The van der Waals surface area contributed by atoms with Crippen LogP contribution in [0.25, 0.3) is 10.9 Å². The predicted molar refractivity (Wildman–Crippen MR) is 122 cm³/mol. The molecule has 30 heavy (non-hydrogen) atoms. The van der Waals surface area contributed by atoms with Gasteiger partial charge in [-0.15, -0.1) is 0 Å². The molecule has 0 spiro atoms. The SMILES string of the molecule is CC(C)c1nc(SCC(=O)Nc2ccccc2N2CCOCC2)c2ccccc2n1. The van der Waals surface area contributed by atoms with Gasteiger partial charge in [-0.05, 0) is 18.2 Å². The van der Waals surface area contributed by atoms with E-state index in [2.05, 4.69) is 29.0 Å². The molecule has 2 aromatic carbocycles. The molecule has 3 aromatic rings. The zero-order valence-corrected chi connectivity index (χ0v) is 18.1. The average molecular weight is 423 g/mol. The normalized spacial score (nSPS) is 14.3. The van der Waals surface area contributed by atoms with Gasteiger partial charge in [0, 0.05) is 24.4 Å². The lowest BCUT2D eigenvalue weighted by atomic mass is 10.2. The van der Waals surface area contributed by atoms with Crippen molar-refractivity contribution in [3.8, 4) is 0 Å². The third-order valence-electron chi connectivity index (χ3n) is 4.97. The van der Waals surface area contributed by atoms with Gasteiger partial charge in [-0.2, -0.15) is 0 Å². The number of fused-ring (bicyclic) bond motifs is 1. The Bertz CT molecular complexity index is 1030. The zero-order chi connectivity index (χ0) is 20.9. The van der Waals surface area contributed by atoms with Gasteiger partial charge in [0.25, 0.3) is 0 Å². The van der Waals surface area contributed by atoms with Gasteiger partial charge in [0.15, 0.2) is 0 Å². The summed E-state index contributed by atoms with van der Waals surface area (Å²) in [6, 6.07) is 15.9. The standard InChI is InChI=1S/C23H26N4O2S/c1-16(2)22-25-18-8-4-3-7-17(18)23(26-22)30-15-21(28)24-19-9-5-6-10-20(19)27-11-13-29-14-12-27/h3-10,16H,11-15H2,1-2H3,(H,24,28). The molecule has 2 heterocycles. The van der Waals surface area contributed by atoms with Crippen molar-refractivity contribution in [2.24, 2.45) is 0 Å². The third kappa shape index (κ3) is 4.74. The molecule has 4 rings (SSSR count). The monoisotopic (exact) mass is 422 g/mol. The minimum absolute atomic E-state index is 0.0468. The molecule has 0 unspecified atom stereocenters. The van der Waals surface area contributed by atoms with Gasteiger partial charge in [-0.25, -0.2) is 9.97 Å². The quantitative estimate of drug-likeness (QED) is 0.471. The lowest BCUT2D eigenvalue weighted by molar-refractivity contribution is -0.113. The number of thioether (sulfide) groups is 1. The molecule has 0 atom stereocenters. The number of morpholine rings is 1. The van der Waals surface area contributed by atoms with E-state index in [1.807, 2.05) is 48.5 Å². The van der Waals surface area contributed by atoms with E-state index >= 15 is 0 Å².